The quantitative estimate of drug-likeness (QED) is 0.564. The first-order valence-electron chi connectivity index (χ1n) is 11.1. The van der Waals surface area contributed by atoms with Crippen LogP contribution in [0.1, 0.15) is 35.1 Å². The number of hydrogen-bond donors (Lipinski definition) is 1. The highest BCUT2D eigenvalue weighted by atomic mass is 32.2. The van der Waals surface area contributed by atoms with E-state index >= 15 is 0 Å². The molecular formula is C27H22FN3O3S. The fraction of sp³-hybridized carbons (Fsp3) is 0.148. The predicted molar refractivity (Wildman–Crippen MR) is 131 cm³/mol. The third-order valence-electron chi connectivity index (χ3n) is 6.35. The lowest BCUT2D eigenvalue weighted by atomic mass is 9.87. The highest BCUT2D eigenvalue weighted by Crippen LogP contribution is 2.51. The Labute approximate surface area is 203 Å². The SMILES string of the molecule is CCc1ccc(C2C(C#N)=C(N)OC3=C2S(=O)(=O)N(Cc2ccccc2F)c2ccccc23)cc1. The minimum Gasteiger partial charge on any atom is -0.439 e. The summed E-state index contributed by atoms with van der Waals surface area (Å²) in [5.41, 5.74) is 8.92. The van der Waals surface area contributed by atoms with Gasteiger partial charge in [-0.3, -0.25) is 4.31 Å². The van der Waals surface area contributed by atoms with Crippen LogP contribution in [0, 0.1) is 17.1 Å². The predicted octanol–water partition coefficient (Wildman–Crippen LogP) is 4.91. The number of fused-ring (bicyclic) bond motifs is 2. The van der Waals surface area contributed by atoms with Crippen molar-refractivity contribution in [3.05, 3.63) is 117 Å². The molecule has 0 aromatic heterocycles. The molecule has 0 saturated carbocycles. The number of anilines is 1. The van der Waals surface area contributed by atoms with Gasteiger partial charge < -0.3 is 10.5 Å². The normalized spacial score (nSPS) is 18.4. The Balaban J connectivity index is 1.75. The van der Waals surface area contributed by atoms with Crippen LogP contribution in [0.25, 0.3) is 5.76 Å². The number of allylic oxidation sites excluding steroid dienone is 2. The molecule has 5 rings (SSSR count). The Hall–Kier alpha value is -4.09. The number of nitrogens with zero attached hydrogens (tertiary/aromatic N) is 2. The molecule has 2 N–H and O–H groups in total. The summed E-state index contributed by atoms with van der Waals surface area (Å²) < 4.78 is 49.9. The van der Waals surface area contributed by atoms with Gasteiger partial charge in [0.2, 0.25) is 5.88 Å². The van der Waals surface area contributed by atoms with Crippen LogP contribution in [0.15, 0.2) is 89.2 Å². The van der Waals surface area contributed by atoms with Crippen LogP contribution in [0.2, 0.25) is 0 Å². The number of sulfonamides is 1. The molecule has 0 fully saturated rings. The summed E-state index contributed by atoms with van der Waals surface area (Å²) in [6.07, 6.45) is 0.813. The second-order valence-corrected chi connectivity index (χ2v) is 10.2. The number of ether oxygens (including phenoxy) is 1. The second kappa shape index (κ2) is 8.60. The number of hydrogen-bond acceptors (Lipinski definition) is 5. The monoisotopic (exact) mass is 487 g/mol. The summed E-state index contributed by atoms with van der Waals surface area (Å²) in [5.74, 6) is -1.51. The van der Waals surface area contributed by atoms with Crippen LogP contribution < -0.4 is 10.0 Å². The van der Waals surface area contributed by atoms with Crippen molar-refractivity contribution in [2.75, 3.05) is 4.31 Å². The van der Waals surface area contributed by atoms with Gasteiger partial charge in [-0.15, -0.1) is 0 Å². The van der Waals surface area contributed by atoms with Gasteiger partial charge in [0.15, 0.2) is 5.76 Å². The molecule has 2 heterocycles. The molecule has 6 nitrogen and oxygen atoms in total. The summed E-state index contributed by atoms with van der Waals surface area (Å²) >= 11 is 0. The van der Waals surface area contributed by atoms with E-state index in [4.69, 9.17) is 10.5 Å². The molecule has 8 heteroatoms. The van der Waals surface area contributed by atoms with E-state index in [0.717, 1.165) is 12.0 Å². The highest BCUT2D eigenvalue weighted by molar-refractivity contribution is 7.96. The van der Waals surface area contributed by atoms with Crippen LogP contribution >= 0.6 is 0 Å². The van der Waals surface area contributed by atoms with Crippen molar-refractivity contribution in [2.24, 2.45) is 5.73 Å². The molecule has 0 amide bonds. The maximum absolute atomic E-state index is 14.6. The molecule has 0 bridgehead atoms. The number of benzene rings is 3. The molecule has 2 aliphatic heterocycles. The lowest BCUT2D eigenvalue weighted by Gasteiger charge is -2.38. The van der Waals surface area contributed by atoms with Crippen LogP contribution in [0.5, 0.6) is 0 Å². The summed E-state index contributed by atoms with van der Waals surface area (Å²) in [7, 11) is -4.25. The van der Waals surface area contributed by atoms with Crippen molar-refractivity contribution in [1.82, 2.24) is 0 Å². The van der Waals surface area contributed by atoms with Gasteiger partial charge in [-0.25, -0.2) is 12.8 Å². The van der Waals surface area contributed by atoms with Gasteiger partial charge in [-0.2, -0.15) is 5.26 Å². The van der Waals surface area contributed by atoms with Gasteiger partial charge >= 0.3 is 0 Å². The molecule has 2 aliphatic rings. The number of aryl methyl sites for hydroxylation is 1. The van der Waals surface area contributed by atoms with Crippen molar-refractivity contribution in [2.45, 2.75) is 25.8 Å². The zero-order valence-corrected chi connectivity index (χ0v) is 19.7. The van der Waals surface area contributed by atoms with Crippen molar-refractivity contribution >= 4 is 21.5 Å². The van der Waals surface area contributed by atoms with Gasteiger partial charge in [0.25, 0.3) is 10.0 Å². The first-order valence-corrected chi connectivity index (χ1v) is 12.6. The van der Waals surface area contributed by atoms with Gasteiger partial charge in [0.1, 0.15) is 22.4 Å². The summed E-state index contributed by atoms with van der Waals surface area (Å²) in [6, 6.07) is 22.4. The maximum atomic E-state index is 14.6. The number of nitriles is 1. The number of halogens is 1. The summed E-state index contributed by atoms with van der Waals surface area (Å²) in [4.78, 5) is -0.0810. The van der Waals surface area contributed by atoms with E-state index in [1.54, 1.807) is 54.6 Å². The van der Waals surface area contributed by atoms with Gasteiger partial charge in [-0.05, 0) is 35.7 Å². The Morgan fingerprint density at radius 3 is 2.43 bits per heavy atom. The molecule has 0 radical (unpaired) electrons. The molecule has 3 aromatic carbocycles. The van der Waals surface area contributed by atoms with Gasteiger partial charge in [0.05, 0.1) is 18.2 Å². The Morgan fingerprint density at radius 1 is 1.06 bits per heavy atom. The van der Waals surface area contributed by atoms with E-state index in [0.29, 0.717) is 16.8 Å². The summed E-state index contributed by atoms with van der Waals surface area (Å²) in [6.45, 7) is 1.80. The Morgan fingerprint density at radius 2 is 1.74 bits per heavy atom. The van der Waals surface area contributed by atoms with E-state index in [1.165, 1.54) is 10.4 Å². The average Bonchev–Trinajstić information content (AvgIpc) is 2.87. The second-order valence-electron chi connectivity index (χ2n) is 8.33. The lowest BCUT2D eigenvalue weighted by Crippen LogP contribution is -2.39. The van der Waals surface area contributed by atoms with Crippen molar-refractivity contribution in [1.29, 1.82) is 5.26 Å². The van der Waals surface area contributed by atoms with Crippen molar-refractivity contribution in [3.8, 4) is 6.07 Å². The molecule has 0 saturated heterocycles. The third kappa shape index (κ3) is 3.65. The van der Waals surface area contributed by atoms with Crippen LogP contribution in [-0.4, -0.2) is 8.42 Å². The highest BCUT2D eigenvalue weighted by Gasteiger charge is 2.47. The Bertz CT molecular complexity index is 1540. The van der Waals surface area contributed by atoms with Crippen LogP contribution in [-0.2, 0) is 27.7 Å². The largest absolute Gasteiger partial charge is 0.439 e. The number of para-hydroxylation sites is 1. The van der Waals surface area contributed by atoms with Crippen molar-refractivity contribution < 1.29 is 17.5 Å². The van der Waals surface area contributed by atoms with E-state index in [1.807, 2.05) is 19.1 Å². The first-order chi connectivity index (χ1) is 16.9. The van der Waals surface area contributed by atoms with Crippen LogP contribution in [0.3, 0.4) is 0 Å². The molecule has 3 aromatic rings. The topological polar surface area (TPSA) is 96.4 Å². The molecular weight excluding hydrogens is 465 g/mol. The zero-order chi connectivity index (χ0) is 24.7. The molecule has 1 atom stereocenters. The smallest absolute Gasteiger partial charge is 0.265 e. The summed E-state index contributed by atoms with van der Waals surface area (Å²) in [5, 5.41) is 9.94. The van der Waals surface area contributed by atoms with Gasteiger partial charge in [-0.1, -0.05) is 61.5 Å². The third-order valence-corrected chi connectivity index (χ3v) is 8.23. The van der Waals surface area contributed by atoms with Crippen molar-refractivity contribution in [3.63, 3.8) is 0 Å². The molecule has 0 aliphatic carbocycles. The number of nitrogens with two attached hydrogens (primary N) is 1. The fourth-order valence-corrected chi connectivity index (χ4v) is 6.44. The minimum absolute atomic E-state index is 0.0156. The zero-order valence-electron chi connectivity index (χ0n) is 18.9. The average molecular weight is 488 g/mol. The van der Waals surface area contributed by atoms with E-state index in [9.17, 15) is 18.1 Å². The van der Waals surface area contributed by atoms with E-state index in [2.05, 4.69) is 6.07 Å². The minimum atomic E-state index is -4.25. The van der Waals surface area contributed by atoms with E-state index in [-0.39, 0.29) is 34.2 Å². The lowest BCUT2D eigenvalue weighted by molar-refractivity contribution is 0.357. The maximum Gasteiger partial charge on any atom is 0.265 e. The van der Waals surface area contributed by atoms with Crippen LogP contribution in [0.4, 0.5) is 10.1 Å². The Kier molecular flexibility index (Phi) is 5.58. The molecule has 0 spiro atoms. The molecule has 1 unspecified atom stereocenters. The first kappa shape index (κ1) is 22.7. The number of rotatable bonds is 4. The fourth-order valence-electron chi connectivity index (χ4n) is 4.54. The van der Waals surface area contributed by atoms with Gasteiger partial charge in [0, 0.05) is 11.1 Å². The molecule has 176 valence electrons. The van der Waals surface area contributed by atoms with E-state index < -0.39 is 21.8 Å². The molecule has 35 heavy (non-hydrogen) atoms. The standard InChI is InChI=1S/C27H22FN3O3S/c1-2-17-11-13-18(14-12-17)24-21(15-29)27(30)34-25-20-8-4-6-10-23(20)31(35(32,33)26(24)25)16-19-7-3-5-9-22(19)28/h3-14,24H,2,16,30H2,1H3.